The van der Waals surface area contributed by atoms with Gasteiger partial charge in [-0.1, -0.05) is 43.1 Å². The standard InChI is InChI=1S/C16H14N4O4S2.CH4.3HI.V/c1-3-24-13(21)9-26-15-12(8-17)14(18-16(19-15)25-2)10-5-4-6-11(7-10)20(22)23;;;;;/h4-7H,3,9H2,1-2H3;1H4;3*1H;/q;;;;;+3/p-3. The summed E-state index contributed by atoms with van der Waals surface area (Å²) in [7, 11) is 0. The summed E-state index contributed by atoms with van der Waals surface area (Å²) in [6.07, 6.45) is 1.78. The fraction of sp³-hybridized carbons (Fsp3) is 0.294. The van der Waals surface area contributed by atoms with Crippen LogP contribution in [0.25, 0.3) is 11.3 Å². The number of thioether (sulfide) groups is 2. The molecule has 0 aliphatic heterocycles. The third-order valence-corrected chi connectivity index (χ3v) is 4.61. The van der Waals surface area contributed by atoms with Gasteiger partial charge in [-0.05, 0) is 13.2 Å². The first-order valence-corrected chi connectivity index (χ1v) is 23.6. The Bertz CT molecular complexity index is 945. The number of carbonyl (C=O) groups excluding carboxylic acids is 1. The fourth-order valence-electron chi connectivity index (χ4n) is 2.02. The van der Waals surface area contributed by atoms with E-state index in [1.807, 2.05) is 6.07 Å². The number of esters is 1. The van der Waals surface area contributed by atoms with Crippen LogP contribution in [-0.2, 0) is 14.5 Å². The van der Waals surface area contributed by atoms with Gasteiger partial charge in [0.05, 0.1) is 23.0 Å². The topological polar surface area (TPSA) is 119 Å². The fourth-order valence-corrected chi connectivity index (χ4v) is 3.22. The first kappa shape index (κ1) is 31.1. The van der Waals surface area contributed by atoms with E-state index in [0.717, 1.165) is 11.8 Å². The van der Waals surface area contributed by atoms with Crippen LogP contribution in [0.1, 0.15) is 19.9 Å². The molecule has 168 valence electrons. The van der Waals surface area contributed by atoms with Gasteiger partial charge in [0.25, 0.3) is 5.69 Å². The van der Waals surface area contributed by atoms with Gasteiger partial charge in [0, 0.05) is 17.7 Å². The molecule has 1 aromatic carbocycles. The van der Waals surface area contributed by atoms with Crippen LogP contribution in [0.5, 0.6) is 0 Å². The van der Waals surface area contributed by atoms with Crippen LogP contribution >= 0.6 is 83.5 Å². The molecule has 0 spiro atoms. The Morgan fingerprint density at radius 1 is 1.35 bits per heavy atom. The van der Waals surface area contributed by atoms with Gasteiger partial charge in [-0.2, -0.15) is 5.26 Å². The van der Waals surface area contributed by atoms with Crippen molar-refractivity contribution >= 4 is 95.1 Å². The molecule has 0 aliphatic rings. The van der Waals surface area contributed by atoms with E-state index >= 15 is 0 Å². The Morgan fingerprint density at radius 2 is 2.00 bits per heavy atom. The number of halogens is 3. The first-order chi connectivity index (χ1) is 14.2. The summed E-state index contributed by atoms with van der Waals surface area (Å²) in [4.78, 5) is 30.4. The molecule has 0 atom stereocenters. The van der Waals surface area contributed by atoms with Crippen molar-refractivity contribution in [2.45, 2.75) is 24.5 Å². The second kappa shape index (κ2) is 16.7. The Kier molecular flexibility index (Phi) is 16.8. The minimum atomic E-state index is -0.511. The summed E-state index contributed by atoms with van der Waals surface area (Å²) in [5.74, 6) is -0.413. The van der Waals surface area contributed by atoms with Gasteiger partial charge in [-0.15, -0.1) is 0 Å². The number of ether oxygens (including phenoxy) is 1. The van der Waals surface area contributed by atoms with E-state index in [2.05, 4.69) is 69.9 Å². The van der Waals surface area contributed by atoms with Gasteiger partial charge in [-0.3, -0.25) is 14.9 Å². The molecular formula is C17H18I3N4O4S2V. The number of nitriles is 1. The van der Waals surface area contributed by atoms with Crippen LogP contribution in [0.15, 0.2) is 34.4 Å². The van der Waals surface area contributed by atoms with Crippen molar-refractivity contribution in [3.05, 3.63) is 39.9 Å². The molecule has 31 heavy (non-hydrogen) atoms. The SMILES string of the molecule is C.CCOC(=O)CSc1nc(SC)nc(-c2cccc([N+](=O)[O-])c2)c1C#N.[I][V]([I])[I]. The van der Waals surface area contributed by atoms with E-state index in [0.29, 0.717) is 21.4 Å². The molecule has 0 aliphatic carbocycles. The number of nitrogens with zero attached hydrogens (tertiary/aromatic N) is 4. The van der Waals surface area contributed by atoms with Crippen LogP contribution in [0, 0.1) is 21.4 Å². The van der Waals surface area contributed by atoms with E-state index in [9.17, 15) is 20.2 Å². The predicted octanol–water partition coefficient (Wildman–Crippen LogP) is 6.59. The van der Waals surface area contributed by atoms with Crippen LogP contribution in [0.3, 0.4) is 0 Å². The van der Waals surface area contributed by atoms with Gasteiger partial charge in [0.1, 0.15) is 16.7 Å². The second-order valence-corrected chi connectivity index (χ2v) is 42.1. The second-order valence-electron chi connectivity index (χ2n) is 4.94. The van der Waals surface area contributed by atoms with Crippen LogP contribution in [-0.4, -0.2) is 39.5 Å². The molecule has 0 unspecified atom stereocenters. The molecule has 1 aromatic heterocycles. The van der Waals surface area contributed by atoms with Crippen molar-refractivity contribution in [3.63, 3.8) is 0 Å². The van der Waals surface area contributed by atoms with E-state index in [4.69, 9.17) is 4.74 Å². The zero-order valence-electron chi connectivity index (χ0n) is 15.5. The molecule has 0 bridgehead atoms. The van der Waals surface area contributed by atoms with Gasteiger partial charge in [0.15, 0.2) is 5.16 Å². The van der Waals surface area contributed by atoms with Crippen molar-refractivity contribution in [1.29, 1.82) is 5.26 Å². The molecule has 2 rings (SSSR count). The molecule has 8 nitrogen and oxygen atoms in total. The molecule has 0 radical (unpaired) electrons. The molecule has 14 heteroatoms. The average Bonchev–Trinajstić information content (AvgIpc) is 2.71. The Hall–Kier alpha value is 0.134. The number of benzene rings is 1. The Morgan fingerprint density at radius 3 is 2.52 bits per heavy atom. The van der Waals surface area contributed by atoms with Crippen LogP contribution < -0.4 is 0 Å². The van der Waals surface area contributed by atoms with E-state index in [1.165, 1.54) is 30.0 Å². The molecule has 0 N–H and O–H groups in total. The summed E-state index contributed by atoms with van der Waals surface area (Å²) in [6, 6.07) is 7.93. The summed E-state index contributed by atoms with van der Waals surface area (Å²) in [6.45, 7) is 1.98. The van der Waals surface area contributed by atoms with Crippen LogP contribution in [0.2, 0.25) is 0 Å². The number of hydrogen-bond donors (Lipinski definition) is 0. The van der Waals surface area contributed by atoms with Gasteiger partial charge < -0.3 is 4.74 Å². The quantitative estimate of drug-likeness (QED) is 0.0579. The maximum atomic E-state index is 11.6. The number of aromatic nitrogens is 2. The Labute approximate surface area is 227 Å². The number of carbonyl (C=O) groups is 1. The van der Waals surface area contributed by atoms with Gasteiger partial charge in [-0.25, -0.2) is 9.97 Å². The molecule has 1 heterocycles. The summed E-state index contributed by atoms with van der Waals surface area (Å²) < 4.78 is 4.88. The molecule has 0 saturated heterocycles. The third-order valence-electron chi connectivity index (χ3n) is 3.11. The number of rotatable bonds is 7. The molecule has 2 aromatic rings. The summed E-state index contributed by atoms with van der Waals surface area (Å²) >= 11 is 9.73. The predicted molar refractivity (Wildman–Crippen MR) is 147 cm³/mol. The zero-order chi connectivity index (χ0) is 22.7. The first-order valence-electron chi connectivity index (χ1n) is 7.90. The van der Waals surface area contributed by atoms with E-state index in [-0.39, 0.29) is 36.0 Å². The summed E-state index contributed by atoms with van der Waals surface area (Å²) in [5, 5.41) is 21.3. The number of hydrogen-bond acceptors (Lipinski definition) is 9. The van der Waals surface area contributed by atoms with Crippen molar-refractivity contribution in [2.75, 3.05) is 18.6 Å². The Balaban J connectivity index is 0.00000165. The molecule has 0 saturated carbocycles. The summed E-state index contributed by atoms with van der Waals surface area (Å²) in [5.41, 5.74) is 0.794. The minimum absolute atomic E-state index is 0. The molecular weight excluding hydrogens is 820 g/mol. The average molecular weight is 838 g/mol. The molecule has 0 fully saturated rings. The van der Waals surface area contributed by atoms with Gasteiger partial charge in [0.2, 0.25) is 0 Å². The van der Waals surface area contributed by atoms with Gasteiger partial charge >= 0.3 is 70.8 Å². The number of non-ortho nitro benzene ring substituents is 1. The van der Waals surface area contributed by atoms with Crippen molar-refractivity contribution in [3.8, 4) is 17.3 Å². The van der Waals surface area contributed by atoms with E-state index < -0.39 is 10.9 Å². The zero-order valence-corrected chi connectivity index (χ0v) is 25.0. The monoisotopic (exact) mass is 838 g/mol. The van der Waals surface area contributed by atoms with Crippen molar-refractivity contribution in [1.82, 2.24) is 9.97 Å². The van der Waals surface area contributed by atoms with Crippen molar-refractivity contribution in [2.24, 2.45) is 0 Å². The maximum absolute atomic E-state index is 11.6. The molecule has 0 amide bonds. The number of nitro groups is 1. The normalized spacial score (nSPS) is 9.71. The third kappa shape index (κ3) is 11.2. The van der Waals surface area contributed by atoms with Crippen molar-refractivity contribution < 1.29 is 19.4 Å². The van der Waals surface area contributed by atoms with E-state index in [1.54, 1.807) is 19.2 Å². The number of nitro benzene ring substituents is 1. The van der Waals surface area contributed by atoms with Crippen LogP contribution in [0.4, 0.5) is 5.69 Å².